The van der Waals surface area contributed by atoms with Crippen LogP contribution in [-0.4, -0.2) is 22.6 Å². The summed E-state index contributed by atoms with van der Waals surface area (Å²) in [7, 11) is 0. The van der Waals surface area contributed by atoms with Gasteiger partial charge in [0.15, 0.2) is 0 Å². The number of rotatable bonds is 4. The molecule has 0 aromatic carbocycles. The molecule has 0 atom stereocenters. The molecule has 1 rings (SSSR count). The normalized spacial score (nSPS) is 11.7. The minimum absolute atomic E-state index is 0.125. The van der Waals surface area contributed by atoms with Crippen LogP contribution in [0.25, 0.3) is 0 Å². The summed E-state index contributed by atoms with van der Waals surface area (Å²) in [5, 5.41) is 3.24. The first-order chi connectivity index (χ1) is 7.76. The molecule has 0 aliphatic carbocycles. The van der Waals surface area contributed by atoms with E-state index in [0.717, 1.165) is 12.2 Å². The zero-order valence-corrected chi connectivity index (χ0v) is 11.7. The predicted molar refractivity (Wildman–Crippen MR) is 70.5 cm³/mol. The third-order valence-electron chi connectivity index (χ3n) is 1.96. The molecule has 0 saturated heterocycles. The van der Waals surface area contributed by atoms with Gasteiger partial charge in [-0.2, -0.15) is 4.98 Å². The van der Waals surface area contributed by atoms with Crippen molar-refractivity contribution in [3.8, 4) is 5.88 Å². The monoisotopic (exact) mass is 237 g/mol. The Morgan fingerprint density at radius 2 is 1.94 bits per heavy atom. The molecule has 0 radical (unpaired) electrons. The lowest BCUT2D eigenvalue weighted by Gasteiger charge is -2.19. The molecular weight excluding hydrogens is 214 g/mol. The molecule has 0 spiro atoms. The number of hydrogen-bond acceptors (Lipinski definition) is 4. The minimum Gasteiger partial charge on any atom is -0.475 e. The average molecular weight is 237 g/mol. The molecule has 4 nitrogen and oxygen atoms in total. The number of nitrogens with one attached hydrogen (secondary N) is 1. The predicted octanol–water partition coefficient (Wildman–Crippen LogP) is 3.03. The van der Waals surface area contributed by atoms with E-state index < -0.39 is 0 Å². The molecule has 17 heavy (non-hydrogen) atoms. The van der Waals surface area contributed by atoms with Gasteiger partial charge in [-0.05, 0) is 26.2 Å². The smallest absolute Gasteiger partial charge is 0.226 e. The maximum Gasteiger partial charge on any atom is 0.226 e. The van der Waals surface area contributed by atoms with E-state index in [-0.39, 0.29) is 11.5 Å². The summed E-state index contributed by atoms with van der Waals surface area (Å²) in [5.41, 5.74) is 1.11. The molecule has 1 N–H and O–H groups in total. The maximum atomic E-state index is 5.58. The first-order valence-corrected chi connectivity index (χ1v) is 6.02. The van der Waals surface area contributed by atoms with Gasteiger partial charge in [0.25, 0.3) is 0 Å². The molecule has 4 heteroatoms. The lowest BCUT2D eigenvalue weighted by molar-refractivity contribution is 0.232. The number of anilines is 1. The topological polar surface area (TPSA) is 47.0 Å². The SMILES string of the molecule is Cc1cc(OC(C)C)nc(NCC(C)(C)C)n1. The van der Waals surface area contributed by atoms with Crippen molar-refractivity contribution >= 4 is 5.95 Å². The molecular formula is C13H23N3O. The molecule has 0 amide bonds. The van der Waals surface area contributed by atoms with E-state index in [1.165, 1.54) is 0 Å². The molecule has 0 unspecified atom stereocenters. The highest BCUT2D eigenvalue weighted by Gasteiger charge is 2.11. The zero-order valence-electron chi connectivity index (χ0n) is 11.7. The molecule has 0 aliphatic rings. The highest BCUT2D eigenvalue weighted by Crippen LogP contribution is 2.16. The van der Waals surface area contributed by atoms with Gasteiger partial charge in [0, 0.05) is 18.3 Å². The number of ether oxygens (including phenoxy) is 1. The maximum absolute atomic E-state index is 5.58. The van der Waals surface area contributed by atoms with E-state index >= 15 is 0 Å². The first kappa shape index (κ1) is 13.7. The molecule has 1 aromatic heterocycles. The second-order valence-electron chi connectivity index (χ2n) is 5.75. The summed E-state index contributed by atoms with van der Waals surface area (Å²) in [4.78, 5) is 8.67. The Bertz CT molecular complexity index is 369. The number of nitrogens with zero attached hydrogens (tertiary/aromatic N) is 2. The number of aryl methyl sites for hydroxylation is 1. The van der Waals surface area contributed by atoms with Gasteiger partial charge in [-0.25, -0.2) is 4.98 Å². The van der Waals surface area contributed by atoms with Gasteiger partial charge in [0.1, 0.15) is 0 Å². The average Bonchev–Trinajstić information content (AvgIpc) is 2.11. The third kappa shape index (κ3) is 5.52. The Morgan fingerprint density at radius 1 is 1.29 bits per heavy atom. The fourth-order valence-corrected chi connectivity index (χ4v) is 1.26. The Morgan fingerprint density at radius 3 is 2.47 bits per heavy atom. The lowest BCUT2D eigenvalue weighted by atomic mass is 9.97. The van der Waals surface area contributed by atoms with Crippen LogP contribution in [0.1, 0.15) is 40.3 Å². The van der Waals surface area contributed by atoms with Crippen LogP contribution in [0, 0.1) is 12.3 Å². The van der Waals surface area contributed by atoms with Crippen molar-refractivity contribution in [2.75, 3.05) is 11.9 Å². The highest BCUT2D eigenvalue weighted by molar-refractivity contribution is 5.30. The van der Waals surface area contributed by atoms with Crippen molar-refractivity contribution in [2.45, 2.75) is 47.6 Å². The Labute approximate surface area is 104 Å². The molecule has 0 aliphatic heterocycles. The molecule has 1 aromatic rings. The van der Waals surface area contributed by atoms with Gasteiger partial charge in [-0.1, -0.05) is 20.8 Å². The first-order valence-electron chi connectivity index (χ1n) is 6.02. The zero-order chi connectivity index (χ0) is 13.1. The van der Waals surface area contributed by atoms with Crippen LogP contribution in [0.3, 0.4) is 0 Å². The fraction of sp³-hybridized carbons (Fsp3) is 0.692. The summed E-state index contributed by atoms with van der Waals surface area (Å²) in [6.07, 6.45) is 0.125. The van der Waals surface area contributed by atoms with Crippen LogP contribution in [0.2, 0.25) is 0 Å². The van der Waals surface area contributed by atoms with Crippen molar-refractivity contribution in [2.24, 2.45) is 5.41 Å². The standard InChI is InChI=1S/C13H23N3O/c1-9(2)17-11-7-10(3)15-12(16-11)14-8-13(4,5)6/h7,9H,8H2,1-6H3,(H,14,15,16). The summed E-state index contributed by atoms with van der Waals surface area (Å²) in [5.74, 6) is 1.26. The van der Waals surface area contributed by atoms with Crippen LogP contribution in [-0.2, 0) is 0 Å². The van der Waals surface area contributed by atoms with E-state index in [9.17, 15) is 0 Å². The van der Waals surface area contributed by atoms with Gasteiger partial charge >= 0.3 is 0 Å². The van der Waals surface area contributed by atoms with E-state index in [2.05, 4.69) is 36.1 Å². The fourth-order valence-electron chi connectivity index (χ4n) is 1.26. The summed E-state index contributed by atoms with van der Waals surface area (Å²) in [6.45, 7) is 13.2. The van der Waals surface area contributed by atoms with Crippen molar-refractivity contribution in [3.63, 3.8) is 0 Å². The van der Waals surface area contributed by atoms with Crippen LogP contribution in [0.4, 0.5) is 5.95 Å². The van der Waals surface area contributed by atoms with Crippen molar-refractivity contribution in [1.82, 2.24) is 9.97 Å². The van der Waals surface area contributed by atoms with E-state index in [0.29, 0.717) is 11.8 Å². The summed E-state index contributed by atoms with van der Waals surface area (Å²) < 4.78 is 5.58. The second-order valence-corrected chi connectivity index (χ2v) is 5.75. The van der Waals surface area contributed by atoms with Gasteiger partial charge in [-0.3, -0.25) is 0 Å². The number of aromatic nitrogens is 2. The van der Waals surface area contributed by atoms with E-state index in [1.54, 1.807) is 0 Å². The van der Waals surface area contributed by atoms with Crippen LogP contribution in [0.5, 0.6) is 5.88 Å². The van der Waals surface area contributed by atoms with Gasteiger partial charge in [-0.15, -0.1) is 0 Å². The second kappa shape index (κ2) is 5.34. The van der Waals surface area contributed by atoms with Crippen molar-refractivity contribution < 1.29 is 4.74 Å². The molecule has 1 heterocycles. The van der Waals surface area contributed by atoms with Gasteiger partial charge < -0.3 is 10.1 Å². The molecule has 96 valence electrons. The number of hydrogen-bond donors (Lipinski definition) is 1. The van der Waals surface area contributed by atoms with E-state index in [4.69, 9.17) is 4.74 Å². The minimum atomic E-state index is 0.125. The molecule has 0 saturated carbocycles. The van der Waals surface area contributed by atoms with Crippen LogP contribution in [0.15, 0.2) is 6.07 Å². The Balaban J connectivity index is 2.75. The Hall–Kier alpha value is -1.32. The van der Waals surface area contributed by atoms with E-state index in [1.807, 2.05) is 26.8 Å². The lowest BCUT2D eigenvalue weighted by Crippen LogP contribution is -2.20. The summed E-state index contributed by atoms with van der Waals surface area (Å²) >= 11 is 0. The third-order valence-corrected chi connectivity index (χ3v) is 1.96. The van der Waals surface area contributed by atoms with Crippen molar-refractivity contribution in [3.05, 3.63) is 11.8 Å². The molecule has 0 bridgehead atoms. The van der Waals surface area contributed by atoms with Crippen LogP contribution < -0.4 is 10.1 Å². The summed E-state index contributed by atoms with van der Waals surface area (Å²) in [6, 6.07) is 1.85. The highest BCUT2D eigenvalue weighted by atomic mass is 16.5. The van der Waals surface area contributed by atoms with Crippen molar-refractivity contribution in [1.29, 1.82) is 0 Å². The van der Waals surface area contributed by atoms with Crippen LogP contribution >= 0.6 is 0 Å². The molecule has 0 fully saturated rings. The Kier molecular flexibility index (Phi) is 4.32. The largest absolute Gasteiger partial charge is 0.475 e. The quantitative estimate of drug-likeness (QED) is 0.874. The van der Waals surface area contributed by atoms with Gasteiger partial charge in [0.05, 0.1) is 6.10 Å². The van der Waals surface area contributed by atoms with Gasteiger partial charge in [0.2, 0.25) is 11.8 Å².